The zero-order valence-corrected chi connectivity index (χ0v) is 20.4. The van der Waals surface area contributed by atoms with Crippen LogP contribution in [0, 0.1) is 5.41 Å². The van der Waals surface area contributed by atoms with E-state index >= 15 is 0 Å². The number of anilines is 1. The monoisotopic (exact) mass is 473 g/mol. The van der Waals surface area contributed by atoms with Crippen LogP contribution in [-0.4, -0.2) is 11.8 Å². The number of esters is 1. The van der Waals surface area contributed by atoms with Crippen molar-refractivity contribution in [3.05, 3.63) is 113 Å². The smallest absolute Gasteiger partial charge is 0.343 e. The molecule has 4 aromatic rings. The maximum atomic E-state index is 13.6. The summed E-state index contributed by atoms with van der Waals surface area (Å²) < 4.78 is 5.56. The van der Waals surface area contributed by atoms with E-state index in [1.807, 2.05) is 36.4 Å². The average Bonchev–Trinajstić information content (AvgIpc) is 2.88. The van der Waals surface area contributed by atoms with E-state index < -0.39 is 5.97 Å². The van der Waals surface area contributed by atoms with Gasteiger partial charge in [0.15, 0.2) is 5.78 Å². The van der Waals surface area contributed by atoms with Gasteiger partial charge in [0.1, 0.15) is 5.75 Å². The SMILES string of the molecule is CC1(C)CC(=O)C2=C(C1)c1c(ccc3ccccc13)NC2c1ccc(OC(=O)c2ccccc2)cc1. The van der Waals surface area contributed by atoms with Crippen LogP contribution in [0.15, 0.2) is 96.6 Å². The second-order valence-electron chi connectivity index (χ2n) is 10.4. The summed E-state index contributed by atoms with van der Waals surface area (Å²) in [6.45, 7) is 4.35. The third-order valence-corrected chi connectivity index (χ3v) is 7.17. The maximum Gasteiger partial charge on any atom is 0.343 e. The topological polar surface area (TPSA) is 55.4 Å². The zero-order chi connectivity index (χ0) is 24.9. The van der Waals surface area contributed by atoms with Gasteiger partial charge in [-0.25, -0.2) is 4.79 Å². The van der Waals surface area contributed by atoms with Crippen molar-refractivity contribution in [2.75, 3.05) is 5.32 Å². The number of nitrogens with one attached hydrogen (secondary N) is 1. The van der Waals surface area contributed by atoms with E-state index in [0.717, 1.165) is 34.4 Å². The Morgan fingerprint density at radius 3 is 2.36 bits per heavy atom. The Bertz CT molecular complexity index is 1530. The lowest BCUT2D eigenvalue weighted by Gasteiger charge is -2.40. The Labute approximate surface area is 210 Å². The first-order valence-electron chi connectivity index (χ1n) is 12.3. The molecule has 6 rings (SSSR count). The minimum Gasteiger partial charge on any atom is -0.423 e. The van der Waals surface area contributed by atoms with Gasteiger partial charge in [-0.2, -0.15) is 0 Å². The van der Waals surface area contributed by atoms with E-state index in [-0.39, 0.29) is 17.2 Å². The molecule has 4 aromatic carbocycles. The van der Waals surface area contributed by atoms with Gasteiger partial charge < -0.3 is 10.1 Å². The van der Waals surface area contributed by atoms with Gasteiger partial charge in [-0.15, -0.1) is 0 Å². The van der Waals surface area contributed by atoms with Crippen molar-refractivity contribution >= 4 is 33.8 Å². The van der Waals surface area contributed by atoms with Gasteiger partial charge >= 0.3 is 5.97 Å². The highest BCUT2D eigenvalue weighted by molar-refractivity contribution is 6.12. The highest BCUT2D eigenvalue weighted by Crippen LogP contribution is 2.52. The van der Waals surface area contributed by atoms with Crippen molar-refractivity contribution in [2.45, 2.75) is 32.7 Å². The molecule has 1 unspecified atom stereocenters. The first kappa shape index (κ1) is 22.3. The van der Waals surface area contributed by atoms with E-state index in [1.54, 1.807) is 24.3 Å². The van der Waals surface area contributed by atoms with Gasteiger partial charge in [0.25, 0.3) is 0 Å². The summed E-state index contributed by atoms with van der Waals surface area (Å²) in [5.74, 6) is 0.270. The first-order chi connectivity index (χ1) is 17.4. The van der Waals surface area contributed by atoms with Crippen LogP contribution in [-0.2, 0) is 4.79 Å². The van der Waals surface area contributed by atoms with Crippen LogP contribution >= 0.6 is 0 Å². The highest BCUT2D eigenvalue weighted by Gasteiger charge is 2.40. The van der Waals surface area contributed by atoms with Crippen LogP contribution in [0.3, 0.4) is 0 Å². The second-order valence-corrected chi connectivity index (χ2v) is 10.4. The molecule has 1 heterocycles. The molecule has 0 spiro atoms. The second kappa shape index (κ2) is 8.49. The van der Waals surface area contributed by atoms with Gasteiger partial charge in [0, 0.05) is 23.2 Å². The van der Waals surface area contributed by atoms with Crippen molar-refractivity contribution in [2.24, 2.45) is 5.41 Å². The summed E-state index contributed by atoms with van der Waals surface area (Å²) in [4.78, 5) is 26.0. The summed E-state index contributed by atoms with van der Waals surface area (Å²) in [6, 6.07) is 28.8. The fraction of sp³-hybridized carbons (Fsp3) is 0.188. The molecule has 4 nitrogen and oxygen atoms in total. The molecule has 4 heteroatoms. The normalized spacial score (nSPS) is 18.3. The maximum absolute atomic E-state index is 13.6. The molecule has 0 saturated carbocycles. The fourth-order valence-electron chi connectivity index (χ4n) is 5.56. The molecule has 0 amide bonds. The van der Waals surface area contributed by atoms with Crippen LogP contribution in [0.1, 0.15) is 54.2 Å². The van der Waals surface area contributed by atoms with Crippen molar-refractivity contribution in [1.29, 1.82) is 0 Å². The predicted molar refractivity (Wildman–Crippen MR) is 143 cm³/mol. The van der Waals surface area contributed by atoms with Gasteiger partial charge in [-0.05, 0) is 64.1 Å². The molecule has 1 atom stereocenters. The number of carbonyl (C=O) groups is 2. The van der Waals surface area contributed by atoms with Crippen molar-refractivity contribution < 1.29 is 14.3 Å². The average molecular weight is 474 g/mol. The van der Waals surface area contributed by atoms with Crippen LogP contribution in [0.2, 0.25) is 0 Å². The molecule has 0 bridgehead atoms. The summed E-state index contributed by atoms with van der Waals surface area (Å²) in [7, 11) is 0. The fourth-order valence-corrected chi connectivity index (χ4v) is 5.56. The van der Waals surface area contributed by atoms with Crippen LogP contribution < -0.4 is 10.1 Å². The predicted octanol–water partition coefficient (Wildman–Crippen LogP) is 7.37. The van der Waals surface area contributed by atoms with E-state index in [0.29, 0.717) is 17.7 Å². The Morgan fingerprint density at radius 1 is 0.861 bits per heavy atom. The number of ether oxygens (including phenoxy) is 1. The third kappa shape index (κ3) is 3.89. The Morgan fingerprint density at radius 2 is 1.58 bits per heavy atom. The van der Waals surface area contributed by atoms with E-state index in [9.17, 15) is 9.59 Å². The quantitative estimate of drug-likeness (QED) is 0.249. The number of rotatable bonds is 3. The van der Waals surface area contributed by atoms with Crippen molar-refractivity contribution in [1.82, 2.24) is 0 Å². The van der Waals surface area contributed by atoms with Crippen LogP contribution in [0.4, 0.5) is 5.69 Å². The number of Topliss-reactive ketones (excluding diaryl/α,β-unsaturated/α-hetero) is 1. The summed E-state index contributed by atoms with van der Waals surface area (Å²) in [5, 5.41) is 6.00. The summed E-state index contributed by atoms with van der Waals surface area (Å²) >= 11 is 0. The molecule has 1 aliphatic carbocycles. The van der Waals surface area contributed by atoms with E-state index in [1.165, 1.54) is 10.8 Å². The van der Waals surface area contributed by atoms with Gasteiger partial charge in [-0.3, -0.25) is 4.79 Å². The number of benzene rings is 4. The number of hydrogen-bond donors (Lipinski definition) is 1. The molecule has 178 valence electrons. The van der Waals surface area contributed by atoms with Gasteiger partial charge in [0.2, 0.25) is 0 Å². The first-order valence-corrected chi connectivity index (χ1v) is 12.3. The number of carbonyl (C=O) groups excluding carboxylic acids is 2. The van der Waals surface area contributed by atoms with Gasteiger partial charge in [0.05, 0.1) is 11.6 Å². The molecule has 0 fully saturated rings. The van der Waals surface area contributed by atoms with E-state index in [2.05, 4.69) is 49.5 Å². The minimum atomic E-state index is -0.394. The molecule has 0 aromatic heterocycles. The van der Waals surface area contributed by atoms with E-state index in [4.69, 9.17) is 4.74 Å². The molecule has 2 aliphatic rings. The highest BCUT2D eigenvalue weighted by atomic mass is 16.5. The lowest BCUT2D eigenvalue weighted by molar-refractivity contribution is -0.118. The standard InChI is InChI=1S/C32H27NO3/c1-32(2)18-25-28-24-11-7-6-8-20(24)14-17-26(28)33-30(29(25)27(34)19-32)21-12-15-23(16-13-21)36-31(35)22-9-4-3-5-10-22/h3-17,30,33H,18-19H2,1-2H3. The molecular weight excluding hydrogens is 446 g/mol. The Hall–Kier alpha value is -4.18. The molecule has 0 radical (unpaired) electrons. The number of hydrogen-bond acceptors (Lipinski definition) is 4. The van der Waals surface area contributed by atoms with Crippen LogP contribution in [0.5, 0.6) is 5.75 Å². The molecule has 1 aliphatic heterocycles. The van der Waals surface area contributed by atoms with Gasteiger partial charge in [-0.1, -0.05) is 74.5 Å². The van der Waals surface area contributed by atoms with Crippen LogP contribution in [0.25, 0.3) is 16.3 Å². The molecule has 1 N–H and O–H groups in total. The third-order valence-electron chi connectivity index (χ3n) is 7.17. The Kier molecular flexibility index (Phi) is 5.26. The lowest BCUT2D eigenvalue weighted by Crippen LogP contribution is -2.33. The number of fused-ring (bicyclic) bond motifs is 4. The molecular formula is C32H27NO3. The lowest BCUT2D eigenvalue weighted by atomic mass is 9.68. The number of ketones is 1. The minimum absolute atomic E-state index is 0.0957. The van der Waals surface area contributed by atoms with Crippen molar-refractivity contribution in [3.8, 4) is 5.75 Å². The zero-order valence-electron chi connectivity index (χ0n) is 20.4. The molecule has 0 saturated heterocycles. The summed E-state index contributed by atoms with van der Waals surface area (Å²) in [6.07, 6.45) is 1.37. The molecule has 36 heavy (non-hydrogen) atoms. The van der Waals surface area contributed by atoms with Crippen molar-refractivity contribution in [3.63, 3.8) is 0 Å². The Balaban J connectivity index is 1.40. The summed E-state index contributed by atoms with van der Waals surface area (Å²) in [5.41, 5.74) is 5.56. The largest absolute Gasteiger partial charge is 0.423 e. The number of allylic oxidation sites excluding steroid dienone is 1.